The van der Waals surface area contributed by atoms with Crippen molar-refractivity contribution in [2.24, 2.45) is 5.92 Å². The van der Waals surface area contributed by atoms with Gasteiger partial charge in [0, 0.05) is 21.5 Å². The lowest BCUT2D eigenvalue weighted by Crippen LogP contribution is -2.48. The molecule has 122 valence electrons. The summed E-state index contributed by atoms with van der Waals surface area (Å²) in [6, 6.07) is 8.33. The number of benzene rings is 1. The maximum absolute atomic E-state index is 12.3. The number of hydrogen-bond donors (Lipinski definition) is 2. The smallest absolute Gasteiger partial charge is 0.226 e. The van der Waals surface area contributed by atoms with Crippen molar-refractivity contribution in [2.45, 2.75) is 25.8 Å². The Bertz CT molecular complexity index is 688. The minimum atomic E-state index is 0.0647. The number of halogens is 1. The molecule has 2 heterocycles. The van der Waals surface area contributed by atoms with E-state index < -0.39 is 0 Å². The van der Waals surface area contributed by atoms with Crippen LogP contribution < -0.4 is 10.6 Å². The number of amides is 1. The lowest BCUT2D eigenvalue weighted by Gasteiger charge is -2.30. The monoisotopic (exact) mass is 393 g/mol. The van der Waals surface area contributed by atoms with Gasteiger partial charge in [-0.2, -0.15) is 0 Å². The largest absolute Gasteiger partial charge is 0.353 e. The van der Waals surface area contributed by atoms with Crippen LogP contribution in [-0.2, 0) is 11.2 Å². The van der Waals surface area contributed by atoms with Crippen molar-refractivity contribution in [3.63, 3.8) is 0 Å². The minimum Gasteiger partial charge on any atom is -0.353 e. The Morgan fingerprint density at radius 2 is 2.39 bits per heavy atom. The summed E-state index contributed by atoms with van der Waals surface area (Å²) in [6.07, 6.45) is 1.34. The fourth-order valence-corrected chi connectivity index (χ4v) is 4.01. The van der Waals surface area contributed by atoms with Crippen LogP contribution in [0.3, 0.4) is 0 Å². The molecule has 0 saturated carbocycles. The normalized spacial score (nSPS) is 21.1. The zero-order valence-corrected chi connectivity index (χ0v) is 15.4. The molecule has 3 rings (SSSR count). The van der Waals surface area contributed by atoms with Gasteiger partial charge in [0.1, 0.15) is 5.01 Å². The molecule has 1 aromatic carbocycles. The van der Waals surface area contributed by atoms with Crippen molar-refractivity contribution in [3.8, 4) is 10.6 Å². The van der Waals surface area contributed by atoms with E-state index in [-0.39, 0.29) is 11.9 Å². The molecule has 1 fully saturated rings. The van der Waals surface area contributed by atoms with Gasteiger partial charge in [-0.1, -0.05) is 35.0 Å². The number of rotatable bonds is 4. The van der Waals surface area contributed by atoms with Crippen LogP contribution in [0, 0.1) is 5.92 Å². The van der Waals surface area contributed by atoms with Crippen LogP contribution in [0.15, 0.2) is 34.1 Å². The highest BCUT2D eigenvalue weighted by molar-refractivity contribution is 9.10. The van der Waals surface area contributed by atoms with Gasteiger partial charge in [0.05, 0.1) is 12.1 Å². The zero-order chi connectivity index (χ0) is 16.2. The third-order valence-corrected chi connectivity index (χ3v) is 5.53. The van der Waals surface area contributed by atoms with Crippen molar-refractivity contribution < 1.29 is 4.79 Å². The first-order chi connectivity index (χ1) is 11.1. The van der Waals surface area contributed by atoms with Crippen LogP contribution in [0.2, 0.25) is 0 Å². The molecule has 1 aromatic heterocycles. The van der Waals surface area contributed by atoms with Gasteiger partial charge in [0.15, 0.2) is 0 Å². The molecule has 2 aromatic rings. The van der Waals surface area contributed by atoms with Gasteiger partial charge >= 0.3 is 0 Å². The van der Waals surface area contributed by atoms with Gasteiger partial charge in [0.2, 0.25) is 5.91 Å². The Labute approximate surface area is 148 Å². The summed E-state index contributed by atoms with van der Waals surface area (Å²) in [5, 5.41) is 9.42. The van der Waals surface area contributed by atoms with E-state index in [0.717, 1.165) is 40.2 Å². The van der Waals surface area contributed by atoms with Crippen molar-refractivity contribution in [2.75, 3.05) is 13.1 Å². The van der Waals surface area contributed by atoms with E-state index in [1.54, 1.807) is 11.3 Å². The van der Waals surface area contributed by atoms with E-state index in [4.69, 9.17) is 0 Å². The fraction of sp³-hybridized carbons (Fsp3) is 0.412. The van der Waals surface area contributed by atoms with E-state index >= 15 is 0 Å². The zero-order valence-electron chi connectivity index (χ0n) is 13.0. The molecule has 0 spiro atoms. The number of carbonyl (C=O) groups is 1. The molecule has 1 saturated heterocycles. The number of thiazole rings is 1. The first-order valence-electron chi connectivity index (χ1n) is 7.82. The van der Waals surface area contributed by atoms with Gasteiger partial charge in [-0.05, 0) is 37.6 Å². The van der Waals surface area contributed by atoms with Gasteiger partial charge in [-0.15, -0.1) is 11.3 Å². The third-order valence-electron chi connectivity index (χ3n) is 4.10. The average Bonchev–Trinajstić information content (AvgIpc) is 2.98. The number of nitrogens with one attached hydrogen (secondary N) is 2. The van der Waals surface area contributed by atoms with Gasteiger partial charge in [0.25, 0.3) is 0 Å². The predicted molar refractivity (Wildman–Crippen MR) is 97.5 cm³/mol. The second kappa shape index (κ2) is 7.55. The molecule has 6 heteroatoms. The lowest BCUT2D eigenvalue weighted by molar-refractivity contribution is -0.121. The van der Waals surface area contributed by atoms with Gasteiger partial charge in [-0.3, -0.25) is 4.79 Å². The maximum Gasteiger partial charge on any atom is 0.226 e. The highest BCUT2D eigenvalue weighted by atomic mass is 79.9. The first kappa shape index (κ1) is 16.6. The average molecular weight is 394 g/mol. The molecule has 23 heavy (non-hydrogen) atoms. The summed E-state index contributed by atoms with van der Waals surface area (Å²) >= 11 is 5.05. The Kier molecular flexibility index (Phi) is 5.46. The van der Waals surface area contributed by atoms with E-state index in [2.05, 4.69) is 38.5 Å². The standard InChI is InChI=1S/C17H20BrN3OS/c1-11-9-19-6-5-15(11)21-16(22)8-14-10-23-17(20-14)12-3-2-4-13(18)7-12/h2-4,7,10-11,15,19H,5-6,8-9H2,1H3,(H,21,22). The van der Waals surface area contributed by atoms with E-state index in [1.165, 1.54) is 0 Å². The Balaban J connectivity index is 1.61. The SMILES string of the molecule is CC1CNCCC1NC(=O)Cc1csc(-c2cccc(Br)c2)n1. The molecular formula is C17H20BrN3OS. The molecule has 2 N–H and O–H groups in total. The van der Waals surface area contributed by atoms with Crippen LogP contribution in [0.4, 0.5) is 0 Å². The minimum absolute atomic E-state index is 0.0647. The van der Waals surface area contributed by atoms with E-state index in [9.17, 15) is 4.79 Å². The summed E-state index contributed by atoms with van der Waals surface area (Å²) in [5.41, 5.74) is 1.91. The summed E-state index contributed by atoms with van der Waals surface area (Å²) in [5.74, 6) is 0.537. The second-order valence-corrected chi connectivity index (χ2v) is 7.75. The van der Waals surface area contributed by atoms with Crippen LogP contribution in [0.1, 0.15) is 19.0 Å². The maximum atomic E-state index is 12.3. The number of piperidine rings is 1. The molecule has 1 aliphatic rings. The summed E-state index contributed by atoms with van der Waals surface area (Å²) < 4.78 is 1.03. The Hall–Kier alpha value is -1.24. The fourth-order valence-electron chi connectivity index (χ4n) is 2.79. The Morgan fingerprint density at radius 3 is 3.17 bits per heavy atom. The number of hydrogen-bond acceptors (Lipinski definition) is 4. The molecule has 2 atom stereocenters. The summed E-state index contributed by atoms with van der Waals surface area (Å²) in [4.78, 5) is 16.8. The molecule has 0 bridgehead atoms. The van der Waals surface area contributed by atoms with E-state index in [1.807, 2.05) is 29.6 Å². The highest BCUT2D eigenvalue weighted by Crippen LogP contribution is 2.26. The molecule has 0 radical (unpaired) electrons. The number of aromatic nitrogens is 1. The van der Waals surface area contributed by atoms with E-state index in [0.29, 0.717) is 12.3 Å². The second-order valence-electron chi connectivity index (χ2n) is 5.98. The van der Waals surface area contributed by atoms with Crippen molar-refractivity contribution in [1.82, 2.24) is 15.6 Å². The van der Waals surface area contributed by atoms with Crippen LogP contribution in [-0.4, -0.2) is 30.0 Å². The van der Waals surface area contributed by atoms with Crippen LogP contribution in [0.5, 0.6) is 0 Å². The third kappa shape index (κ3) is 4.40. The van der Waals surface area contributed by atoms with Crippen LogP contribution in [0.25, 0.3) is 10.6 Å². The van der Waals surface area contributed by atoms with Gasteiger partial charge in [-0.25, -0.2) is 4.98 Å². The quantitative estimate of drug-likeness (QED) is 0.837. The number of nitrogens with zero attached hydrogens (tertiary/aromatic N) is 1. The topological polar surface area (TPSA) is 54.0 Å². The van der Waals surface area contributed by atoms with Crippen molar-refractivity contribution in [1.29, 1.82) is 0 Å². The van der Waals surface area contributed by atoms with Gasteiger partial charge < -0.3 is 10.6 Å². The lowest BCUT2D eigenvalue weighted by atomic mass is 9.95. The van der Waals surface area contributed by atoms with Crippen molar-refractivity contribution >= 4 is 33.2 Å². The Morgan fingerprint density at radius 1 is 1.52 bits per heavy atom. The highest BCUT2D eigenvalue weighted by Gasteiger charge is 2.22. The molecule has 4 nitrogen and oxygen atoms in total. The molecule has 0 aliphatic carbocycles. The molecule has 1 amide bonds. The summed E-state index contributed by atoms with van der Waals surface area (Å²) in [7, 11) is 0. The summed E-state index contributed by atoms with van der Waals surface area (Å²) in [6.45, 7) is 4.11. The van der Waals surface area contributed by atoms with Crippen LogP contribution >= 0.6 is 27.3 Å². The number of carbonyl (C=O) groups excluding carboxylic acids is 1. The van der Waals surface area contributed by atoms with Crippen molar-refractivity contribution in [3.05, 3.63) is 39.8 Å². The first-order valence-corrected chi connectivity index (χ1v) is 9.49. The molecular weight excluding hydrogens is 374 g/mol. The predicted octanol–water partition coefficient (Wildman–Crippen LogP) is 3.23. The molecule has 2 unspecified atom stereocenters. The molecule has 1 aliphatic heterocycles.